The maximum atomic E-state index is 11.7. The molecule has 0 N–H and O–H groups in total. The van der Waals surface area contributed by atoms with Crippen molar-refractivity contribution in [2.45, 2.75) is 25.7 Å². The third-order valence-electron chi connectivity index (χ3n) is 3.49. The molecule has 0 aliphatic rings. The van der Waals surface area contributed by atoms with Crippen molar-refractivity contribution in [1.82, 2.24) is 0 Å². The Hall–Kier alpha value is -1.51. The summed E-state index contributed by atoms with van der Waals surface area (Å²) in [6.07, 6.45) is 1.04. The molecule has 1 atom stereocenters. The predicted octanol–water partition coefficient (Wildman–Crippen LogP) is 5.47. The fourth-order valence-electron chi connectivity index (χ4n) is 2.44. The highest BCUT2D eigenvalue weighted by Gasteiger charge is 2.17. The average Bonchev–Trinajstić information content (AvgIpc) is 2.52. The van der Waals surface area contributed by atoms with Crippen LogP contribution in [0.1, 0.15) is 36.8 Å². The van der Waals surface area contributed by atoms with Crippen LogP contribution >= 0.6 is 23.2 Å². The summed E-state index contributed by atoms with van der Waals surface area (Å²) < 4.78 is 5.02. The van der Waals surface area contributed by atoms with Crippen molar-refractivity contribution in [1.29, 1.82) is 0 Å². The molecule has 0 aromatic heterocycles. The van der Waals surface area contributed by atoms with Gasteiger partial charge in [0.25, 0.3) is 0 Å². The lowest BCUT2D eigenvalue weighted by molar-refractivity contribution is -0.143. The van der Waals surface area contributed by atoms with Gasteiger partial charge in [0.1, 0.15) is 0 Å². The van der Waals surface area contributed by atoms with Gasteiger partial charge < -0.3 is 4.74 Å². The van der Waals surface area contributed by atoms with E-state index in [0.29, 0.717) is 29.5 Å². The van der Waals surface area contributed by atoms with E-state index in [9.17, 15) is 4.79 Å². The first-order valence-electron chi connectivity index (χ1n) is 7.27. The average molecular weight is 337 g/mol. The molecule has 0 saturated carbocycles. The molecule has 2 aromatic rings. The standard InChI is InChI=1S/C18H18Cl2O2/c1-2-22-18(21)11-9-15(13-6-4-3-5-7-13)14-8-10-16(19)17(20)12-14/h3-8,10,12,15H,2,9,11H2,1H3/t15-/m1/s1. The molecule has 2 nitrogen and oxygen atoms in total. The van der Waals surface area contributed by atoms with Crippen molar-refractivity contribution in [2.24, 2.45) is 0 Å². The van der Waals surface area contributed by atoms with E-state index in [2.05, 4.69) is 12.1 Å². The Labute approximate surface area is 141 Å². The van der Waals surface area contributed by atoms with Crippen LogP contribution in [0.15, 0.2) is 48.5 Å². The predicted molar refractivity (Wildman–Crippen MR) is 90.6 cm³/mol. The maximum absolute atomic E-state index is 11.7. The summed E-state index contributed by atoms with van der Waals surface area (Å²) >= 11 is 12.1. The Bertz CT molecular complexity index is 626. The molecule has 0 spiro atoms. The van der Waals surface area contributed by atoms with Crippen LogP contribution < -0.4 is 0 Å². The first-order chi connectivity index (χ1) is 10.6. The fourth-order valence-corrected chi connectivity index (χ4v) is 2.74. The Morgan fingerprint density at radius 1 is 1.05 bits per heavy atom. The van der Waals surface area contributed by atoms with Gasteiger partial charge in [-0.1, -0.05) is 59.6 Å². The molecular formula is C18H18Cl2O2. The van der Waals surface area contributed by atoms with Gasteiger partial charge in [0, 0.05) is 12.3 Å². The van der Waals surface area contributed by atoms with Crippen molar-refractivity contribution in [3.05, 3.63) is 69.7 Å². The van der Waals surface area contributed by atoms with Crippen molar-refractivity contribution in [2.75, 3.05) is 6.61 Å². The first kappa shape index (κ1) is 16.9. The molecule has 0 aliphatic heterocycles. The Balaban J connectivity index is 2.25. The summed E-state index contributed by atoms with van der Waals surface area (Å²) in [5.74, 6) is -0.0936. The molecule has 4 heteroatoms. The van der Waals surface area contributed by atoms with Crippen LogP contribution in [0.2, 0.25) is 10.0 Å². The second-order valence-corrected chi connectivity index (χ2v) is 5.79. The Kier molecular flexibility index (Phi) is 6.29. The monoisotopic (exact) mass is 336 g/mol. The molecule has 0 saturated heterocycles. The van der Waals surface area contributed by atoms with E-state index in [-0.39, 0.29) is 11.9 Å². The summed E-state index contributed by atoms with van der Waals surface area (Å²) in [4.78, 5) is 11.7. The van der Waals surface area contributed by atoms with Crippen LogP contribution in [0.25, 0.3) is 0 Å². The zero-order valence-electron chi connectivity index (χ0n) is 12.4. The minimum absolute atomic E-state index is 0.0837. The minimum Gasteiger partial charge on any atom is -0.466 e. The van der Waals surface area contributed by atoms with Gasteiger partial charge in [0.2, 0.25) is 0 Å². The van der Waals surface area contributed by atoms with Gasteiger partial charge in [-0.05, 0) is 36.6 Å². The number of carbonyl (C=O) groups excluding carboxylic acids is 1. The molecule has 0 bridgehead atoms. The highest BCUT2D eigenvalue weighted by molar-refractivity contribution is 6.42. The topological polar surface area (TPSA) is 26.3 Å². The third kappa shape index (κ3) is 4.49. The summed E-state index contributed by atoms with van der Waals surface area (Å²) in [5, 5.41) is 1.05. The van der Waals surface area contributed by atoms with Gasteiger partial charge >= 0.3 is 5.97 Å². The molecule has 0 radical (unpaired) electrons. The number of esters is 1. The van der Waals surface area contributed by atoms with E-state index in [0.717, 1.165) is 11.1 Å². The molecule has 2 rings (SSSR count). The van der Waals surface area contributed by atoms with Crippen LogP contribution in [-0.2, 0) is 9.53 Å². The summed E-state index contributed by atoms with van der Waals surface area (Å²) in [7, 11) is 0. The Morgan fingerprint density at radius 2 is 1.77 bits per heavy atom. The summed E-state index contributed by atoms with van der Waals surface area (Å²) in [6, 6.07) is 15.7. The van der Waals surface area contributed by atoms with Gasteiger partial charge in [-0.2, -0.15) is 0 Å². The lowest BCUT2D eigenvalue weighted by Crippen LogP contribution is -2.08. The van der Waals surface area contributed by atoms with E-state index < -0.39 is 0 Å². The number of halogens is 2. The van der Waals surface area contributed by atoms with Crippen LogP contribution in [-0.4, -0.2) is 12.6 Å². The van der Waals surface area contributed by atoms with Crippen molar-refractivity contribution in [3.63, 3.8) is 0 Å². The third-order valence-corrected chi connectivity index (χ3v) is 4.23. The molecule has 0 unspecified atom stereocenters. The number of benzene rings is 2. The normalized spacial score (nSPS) is 12.0. The fraction of sp³-hybridized carbons (Fsp3) is 0.278. The van der Waals surface area contributed by atoms with E-state index in [4.69, 9.17) is 27.9 Å². The van der Waals surface area contributed by atoms with Crippen molar-refractivity contribution in [3.8, 4) is 0 Å². The van der Waals surface area contributed by atoms with Gasteiger partial charge in [-0.15, -0.1) is 0 Å². The van der Waals surface area contributed by atoms with Gasteiger partial charge in [-0.25, -0.2) is 0 Å². The summed E-state index contributed by atoms with van der Waals surface area (Å²) in [5.41, 5.74) is 2.19. The Morgan fingerprint density at radius 3 is 2.41 bits per heavy atom. The van der Waals surface area contributed by atoms with Gasteiger partial charge in [0.15, 0.2) is 0 Å². The molecule has 0 fully saturated rings. The number of ether oxygens (including phenoxy) is 1. The highest BCUT2D eigenvalue weighted by Crippen LogP contribution is 2.33. The number of hydrogen-bond donors (Lipinski definition) is 0. The number of hydrogen-bond acceptors (Lipinski definition) is 2. The van der Waals surface area contributed by atoms with E-state index >= 15 is 0 Å². The molecule has 0 heterocycles. The second-order valence-electron chi connectivity index (χ2n) is 4.98. The number of carbonyl (C=O) groups is 1. The molecule has 0 amide bonds. The van der Waals surface area contributed by atoms with Crippen molar-refractivity contribution >= 4 is 29.2 Å². The zero-order chi connectivity index (χ0) is 15.9. The van der Waals surface area contributed by atoms with Crippen LogP contribution in [0, 0.1) is 0 Å². The quantitative estimate of drug-likeness (QED) is 0.654. The first-order valence-corrected chi connectivity index (χ1v) is 8.03. The largest absolute Gasteiger partial charge is 0.466 e. The molecule has 0 aliphatic carbocycles. The lowest BCUT2D eigenvalue weighted by Gasteiger charge is -2.18. The van der Waals surface area contributed by atoms with E-state index in [1.807, 2.05) is 37.3 Å². The van der Waals surface area contributed by atoms with E-state index in [1.165, 1.54) is 0 Å². The molecule has 22 heavy (non-hydrogen) atoms. The minimum atomic E-state index is -0.177. The zero-order valence-corrected chi connectivity index (χ0v) is 13.9. The second kappa shape index (κ2) is 8.21. The molecule has 2 aromatic carbocycles. The highest BCUT2D eigenvalue weighted by atomic mass is 35.5. The smallest absolute Gasteiger partial charge is 0.305 e. The molecule has 116 valence electrons. The molecular weight excluding hydrogens is 319 g/mol. The lowest BCUT2D eigenvalue weighted by atomic mass is 9.87. The maximum Gasteiger partial charge on any atom is 0.305 e. The summed E-state index contributed by atoms with van der Waals surface area (Å²) in [6.45, 7) is 2.22. The number of rotatable bonds is 6. The van der Waals surface area contributed by atoms with Crippen LogP contribution in [0.3, 0.4) is 0 Å². The van der Waals surface area contributed by atoms with Gasteiger partial charge in [0.05, 0.1) is 16.7 Å². The van der Waals surface area contributed by atoms with Crippen LogP contribution in [0.4, 0.5) is 0 Å². The van der Waals surface area contributed by atoms with E-state index in [1.54, 1.807) is 6.07 Å². The SMILES string of the molecule is CCOC(=O)CC[C@H](c1ccccc1)c1ccc(Cl)c(Cl)c1. The van der Waals surface area contributed by atoms with Crippen molar-refractivity contribution < 1.29 is 9.53 Å². The van der Waals surface area contributed by atoms with Gasteiger partial charge in [-0.3, -0.25) is 4.79 Å². The van der Waals surface area contributed by atoms with Crippen LogP contribution in [0.5, 0.6) is 0 Å².